The summed E-state index contributed by atoms with van der Waals surface area (Å²) in [5.74, 6) is 6.50. The quantitative estimate of drug-likeness (QED) is 0.121. The number of aromatic amines is 1. The first-order valence-corrected chi connectivity index (χ1v) is 21.1. The largest absolute Gasteiger partial charge is 0.444 e. The fourth-order valence-corrected chi connectivity index (χ4v) is 8.05. The summed E-state index contributed by atoms with van der Waals surface area (Å²) >= 11 is 0. The van der Waals surface area contributed by atoms with Crippen LogP contribution in [0.1, 0.15) is 118 Å². The predicted molar refractivity (Wildman–Crippen MR) is 235 cm³/mol. The Balaban J connectivity index is 0.950. The Kier molecular flexibility index (Phi) is 13.0. The molecule has 4 aromatic carbocycles. The predicted octanol–water partition coefficient (Wildman–Crippen LogP) is 8.38. The van der Waals surface area contributed by atoms with Crippen LogP contribution in [0.2, 0.25) is 0 Å². The summed E-state index contributed by atoms with van der Waals surface area (Å²) < 4.78 is 5.50. The molecular weight excluding hydrogens is 765 g/mol. The average Bonchev–Trinajstić information content (AvgIpc) is 4.07. The highest BCUT2D eigenvalue weighted by molar-refractivity contribution is 5.91. The molecule has 3 N–H and O–H groups in total. The van der Waals surface area contributed by atoms with Gasteiger partial charge in [0.2, 0.25) is 11.8 Å². The highest BCUT2D eigenvalue weighted by Gasteiger charge is 2.38. The topological polar surface area (TPSA) is 137 Å². The van der Waals surface area contributed by atoms with Crippen molar-refractivity contribution >= 4 is 23.8 Å². The lowest BCUT2D eigenvalue weighted by Gasteiger charge is -2.29. The van der Waals surface area contributed by atoms with Crippen molar-refractivity contribution in [3.05, 3.63) is 149 Å². The standard InChI is InChI=1S/C50H54N6O5/c1-33(37-14-8-6-9-15-37)47(58)56-31-13-19-43(56)46(57)52-34(2)38-26-22-35(23-27-38)20-21-36-24-28-39(29-25-36)41-32-51-45(53-41)42-18-12-30-55(42)48(59)44(40-16-10-7-11-17-40)54-49(60)61-50(3,4)5/h6-11,14-17,22-29,32-34,42-44H,12-13,18-19,30-31H2,1-5H3,(H,51,53)(H,52,57)(H,54,60)/t33-,34-,42+,43+,44-/m1/s1. The number of benzene rings is 4. The summed E-state index contributed by atoms with van der Waals surface area (Å²) in [6, 6.07) is 32.8. The third kappa shape index (κ3) is 10.4. The number of hydrogen-bond acceptors (Lipinski definition) is 6. The molecule has 5 aromatic rings. The first kappa shape index (κ1) is 42.5. The molecule has 2 fully saturated rings. The summed E-state index contributed by atoms with van der Waals surface area (Å²) in [6.07, 6.45) is 4.14. The second-order valence-corrected chi connectivity index (χ2v) is 16.9. The van der Waals surface area contributed by atoms with Gasteiger partial charge in [0.25, 0.3) is 5.91 Å². The highest BCUT2D eigenvalue weighted by Crippen LogP contribution is 2.34. The van der Waals surface area contributed by atoms with E-state index in [9.17, 15) is 19.2 Å². The molecule has 11 nitrogen and oxygen atoms in total. The third-order valence-corrected chi connectivity index (χ3v) is 11.3. The average molecular weight is 819 g/mol. The van der Waals surface area contributed by atoms with Crippen molar-refractivity contribution in [2.75, 3.05) is 13.1 Å². The Morgan fingerprint density at radius 2 is 1.31 bits per heavy atom. The number of nitrogens with zero attached hydrogens (tertiary/aromatic N) is 3. The minimum Gasteiger partial charge on any atom is -0.444 e. The van der Waals surface area contributed by atoms with E-state index in [-0.39, 0.29) is 35.7 Å². The second kappa shape index (κ2) is 18.7. The van der Waals surface area contributed by atoms with Gasteiger partial charge in [-0.25, -0.2) is 9.78 Å². The maximum absolute atomic E-state index is 14.1. The normalized spacial score (nSPS) is 17.7. The molecule has 314 valence electrons. The minimum atomic E-state index is -0.906. The number of nitrogens with one attached hydrogen (secondary N) is 3. The van der Waals surface area contributed by atoms with Crippen LogP contribution in [-0.4, -0.2) is 68.3 Å². The molecule has 11 heteroatoms. The number of H-pyrrole nitrogens is 1. The van der Waals surface area contributed by atoms with Crippen molar-refractivity contribution in [2.45, 2.75) is 96.0 Å². The molecule has 0 bridgehead atoms. The molecular formula is C50H54N6O5. The molecule has 0 saturated carbocycles. The van der Waals surface area contributed by atoms with E-state index in [1.54, 1.807) is 36.8 Å². The van der Waals surface area contributed by atoms with E-state index in [4.69, 9.17) is 9.72 Å². The first-order valence-electron chi connectivity index (χ1n) is 21.1. The molecule has 5 atom stereocenters. The molecule has 2 saturated heterocycles. The van der Waals surface area contributed by atoms with Crippen LogP contribution in [-0.2, 0) is 19.1 Å². The van der Waals surface area contributed by atoms with Crippen molar-refractivity contribution in [3.63, 3.8) is 0 Å². The van der Waals surface area contributed by atoms with Crippen LogP contribution < -0.4 is 10.6 Å². The third-order valence-electron chi connectivity index (χ3n) is 11.3. The number of carbonyl (C=O) groups excluding carboxylic acids is 4. The van der Waals surface area contributed by atoms with Gasteiger partial charge in [0.15, 0.2) is 0 Å². The lowest BCUT2D eigenvalue weighted by molar-refractivity contribution is -0.139. The first-order chi connectivity index (χ1) is 29.3. The van der Waals surface area contributed by atoms with Crippen molar-refractivity contribution < 1.29 is 23.9 Å². The van der Waals surface area contributed by atoms with Gasteiger partial charge in [-0.05, 0) is 107 Å². The summed E-state index contributed by atoms with van der Waals surface area (Å²) in [4.78, 5) is 65.4. The Hall–Kier alpha value is -6.67. The van der Waals surface area contributed by atoms with Crippen molar-refractivity contribution in [3.8, 4) is 23.1 Å². The van der Waals surface area contributed by atoms with Gasteiger partial charge in [0.1, 0.15) is 23.5 Å². The zero-order valence-corrected chi connectivity index (χ0v) is 35.5. The van der Waals surface area contributed by atoms with E-state index in [0.717, 1.165) is 52.8 Å². The molecule has 7 rings (SSSR count). The number of alkyl carbamates (subject to hydrolysis) is 1. The number of imidazole rings is 1. The number of likely N-dealkylation sites (tertiary alicyclic amines) is 2. The van der Waals surface area contributed by atoms with Crippen LogP contribution in [0.5, 0.6) is 0 Å². The van der Waals surface area contributed by atoms with Crippen LogP contribution in [0.25, 0.3) is 11.3 Å². The van der Waals surface area contributed by atoms with Crippen LogP contribution >= 0.6 is 0 Å². The van der Waals surface area contributed by atoms with Gasteiger partial charge in [-0.3, -0.25) is 14.4 Å². The molecule has 0 spiro atoms. The van der Waals surface area contributed by atoms with Gasteiger partial charge >= 0.3 is 6.09 Å². The van der Waals surface area contributed by atoms with Gasteiger partial charge in [-0.15, -0.1) is 0 Å². The molecule has 3 heterocycles. The summed E-state index contributed by atoms with van der Waals surface area (Å²) in [5, 5.41) is 5.94. The zero-order chi connectivity index (χ0) is 43.1. The number of carbonyl (C=O) groups is 4. The Bertz CT molecular complexity index is 2380. The Morgan fingerprint density at radius 1 is 0.721 bits per heavy atom. The molecule has 0 radical (unpaired) electrons. The molecule has 4 amide bonds. The zero-order valence-electron chi connectivity index (χ0n) is 35.5. The number of rotatable bonds is 10. The fraction of sp³-hybridized carbons (Fsp3) is 0.340. The smallest absolute Gasteiger partial charge is 0.408 e. The van der Waals surface area contributed by atoms with E-state index in [0.29, 0.717) is 30.9 Å². The number of aromatic nitrogens is 2. The molecule has 2 aliphatic heterocycles. The fourth-order valence-electron chi connectivity index (χ4n) is 8.05. The van der Waals surface area contributed by atoms with E-state index in [1.165, 1.54) is 0 Å². The molecule has 2 aliphatic rings. The minimum absolute atomic E-state index is 0.0177. The second-order valence-electron chi connectivity index (χ2n) is 16.9. The lowest BCUT2D eigenvalue weighted by atomic mass is 9.99. The Labute approximate surface area is 358 Å². The molecule has 1 aromatic heterocycles. The van der Waals surface area contributed by atoms with E-state index in [2.05, 4.69) is 27.5 Å². The van der Waals surface area contributed by atoms with Crippen molar-refractivity contribution in [2.24, 2.45) is 0 Å². The Morgan fingerprint density at radius 3 is 1.95 bits per heavy atom. The van der Waals surface area contributed by atoms with Gasteiger partial charge in [0.05, 0.1) is 29.9 Å². The van der Waals surface area contributed by atoms with Crippen LogP contribution in [0.3, 0.4) is 0 Å². The van der Waals surface area contributed by atoms with Crippen LogP contribution in [0, 0.1) is 11.8 Å². The van der Waals surface area contributed by atoms with Gasteiger partial charge in [-0.1, -0.05) is 96.8 Å². The monoisotopic (exact) mass is 818 g/mol. The maximum Gasteiger partial charge on any atom is 0.408 e. The van der Waals surface area contributed by atoms with Gasteiger partial charge in [-0.2, -0.15) is 0 Å². The number of hydrogen-bond donors (Lipinski definition) is 3. The maximum atomic E-state index is 14.1. The van der Waals surface area contributed by atoms with Crippen molar-refractivity contribution in [1.82, 2.24) is 30.4 Å². The van der Waals surface area contributed by atoms with E-state index < -0.39 is 23.8 Å². The SMILES string of the molecule is C[C@@H](NC(=O)[C@@H]1CCCN1C(=O)[C@H](C)c1ccccc1)c1ccc(C#Cc2ccc(-c3cnc([C@@H]4CCCN4C(=O)[C@H](NC(=O)OC(C)(C)C)c4ccccc4)[nH]3)cc2)cc1. The van der Waals surface area contributed by atoms with E-state index >= 15 is 0 Å². The summed E-state index contributed by atoms with van der Waals surface area (Å²) in [7, 11) is 0. The molecule has 0 unspecified atom stereocenters. The van der Waals surface area contributed by atoms with Crippen molar-refractivity contribution in [1.29, 1.82) is 0 Å². The summed E-state index contributed by atoms with van der Waals surface area (Å²) in [5.41, 5.74) is 5.33. The lowest BCUT2D eigenvalue weighted by Crippen LogP contribution is -2.47. The molecule has 0 aliphatic carbocycles. The summed E-state index contributed by atoms with van der Waals surface area (Å²) in [6.45, 7) is 10.3. The van der Waals surface area contributed by atoms with Crippen LogP contribution in [0.15, 0.2) is 115 Å². The van der Waals surface area contributed by atoms with Crippen LogP contribution in [0.4, 0.5) is 4.79 Å². The van der Waals surface area contributed by atoms with Gasteiger partial charge in [0, 0.05) is 24.2 Å². The van der Waals surface area contributed by atoms with Gasteiger partial charge < -0.3 is 30.2 Å². The van der Waals surface area contributed by atoms with E-state index in [1.807, 2.05) is 123 Å². The number of ether oxygens (including phenoxy) is 1. The molecule has 61 heavy (non-hydrogen) atoms. The number of amides is 4. The highest BCUT2D eigenvalue weighted by atomic mass is 16.6.